The average molecular weight is 519 g/mol. The minimum Gasteiger partial charge on any atom is -0.507 e. The monoisotopic (exact) mass is 518 g/mol. The molecule has 4 aromatic rings. The van der Waals surface area contributed by atoms with E-state index in [1.165, 1.54) is 6.92 Å². The first-order chi connectivity index (χ1) is 17.8. The maximum Gasteiger partial charge on any atom is 0.165 e. The second-order valence-corrected chi connectivity index (χ2v) is 9.71. The lowest BCUT2D eigenvalue weighted by Gasteiger charge is -2.21. The van der Waals surface area contributed by atoms with E-state index in [2.05, 4.69) is 16.9 Å². The number of phenolic OH excluding ortho intramolecular Hbond substituents is 6. The highest BCUT2D eigenvalue weighted by atomic mass is 16.3. The Hall–Kier alpha value is -4.86. The fraction of sp³-hybridized carbons (Fsp3) is 0.214. The molecule has 0 atom stereocenters. The standard InChI is InChI=1S/C28H26N2O8/c1-9(2)17-21-13(7-15(29-37)23(17)30-38)26(34)19(11(5)24(21)32)20-12(6)25(33)22-14(27(20)35)8-16(31)28(36)18(22)10(3)4/h7-9,31-36H,6H2,1-5H3. The number of hydrogen-bond acceptors (Lipinski definition) is 10. The average Bonchev–Trinajstić information content (AvgIpc) is 2.87. The molecule has 0 aliphatic rings. The van der Waals surface area contributed by atoms with Crippen LogP contribution in [0.1, 0.15) is 44.7 Å². The largest absolute Gasteiger partial charge is 0.507 e. The molecule has 0 radical (unpaired) electrons. The maximum atomic E-state index is 11.6. The number of rotatable bonds is 4. The Morgan fingerprint density at radius 1 is 0.789 bits per heavy atom. The normalized spacial score (nSPS) is 11.4. The molecule has 0 amide bonds. The van der Waals surface area contributed by atoms with E-state index in [0.29, 0.717) is 5.57 Å². The molecule has 0 bridgehead atoms. The zero-order valence-electron chi connectivity index (χ0n) is 21.3. The molecule has 0 spiro atoms. The molecular weight excluding hydrogens is 492 g/mol. The van der Waals surface area contributed by atoms with E-state index in [9.17, 15) is 40.5 Å². The van der Waals surface area contributed by atoms with Crippen LogP contribution in [0.4, 0.5) is 11.4 Å². The Morgan fingerprint density at radius 3 is 1.89 bits per heavy atom. The van der Waals surface area contributed by atoms with Gasteiger partial charge in [-0.25, -0.2) is 0 Å². The smallest absolute Gasteiger partial charge is 0.165 e. The van der Waals surface area contributed by atoms with Gasteiger partial charge in [0, 0.05) is 48.7 Å². The van der Waals surface area contributed by atoms with Crippen LogP contribution in [0.3, 0.4) is 0 Å². The molecular formula is C28H26N2O8. The Balaban J connectivity index is 2.32. The molecule has 4 aromatic carbocycles. The van der Waals surface area contributed by atoms with Crippen molar-refractivity contribution in [2.24, 2.45) is 10.4 Å². The van der Waals surface area contributed by atoms with Gasteiger partial charge in [-0.1, -0.05) is 26.0 Å². The predicted molar refractivity (Wildman–Crippen MR) is 146 cm³/mol. The fourth-order valence-corrected chi connectivity index (χ4v) is 5.17. The highest BCUT2D eigenvalue weighted by molar-refractivity contribution is 6.09. The van der Waals surface area contributed by atoms with E-state index >= 15 is 0 Å². The number of fused-ring (bicyclic) bond motifs is 2. The van der Waals surface area contributed by atoms with Crippen LogP contribution in [0.2, 0.25) is 0 Å². The number of hydrogen-bond donors (Lipinski definition) is 6. The predicted octanol–water partition coefficient (Wildman–Crippen LogP) is 5.72. The van der Waals surface area contributed by atoms with Crippen molar-refractivity contribution < 1.29 is 30.6 Å². The first kappa shape index (κ1) is 26.2. The summed E-state index contributed by atoms with van der Waals surface area (Å²) in [4.78, 5) is 23.1. The summed E-state index contributed by atoms with van der Waals surface area (Å²) in [5, 5.41) is 71.9. The Kier molecular flexibility index (Phi) is 6.15. The maximum absolute atomic E-state index is 11.6. The van der Waals surface area contributed by atoms with Crippen LogP contribution in [0.15, 0.2) is 22.5 Å². The van der Waals surface area contributed by atoms with Crippen molar-refractivity contribution in [3.8, 4) is 45.6 Å². The van der Waals surface area contributed by atoms with Crippen LogP contribution in [0.25, 0.3) is 44.8 Å². The van der Waals surface area contributed by atoms with E-state index in [0.717, 1.165) is 12.1 Å². The molecule has 0 aliphatic heterocycles. The van der Waals surface area contributed by atoms with Crippen LogP contribution in [-0.4, -0.2) is 30.6 Å². The lowest BCUT2D eigenvalue weighted by molar-refractivity contribution is 0.401. The molecule has 196 valence electrons. The van der Waals surface area contributed by atoms with Crippen LogP contribution in [-0.2, 0) is 0 Å². The van der Waals surface area contributed by atoms with Gasteiger partial charge in [0.05, 0.1) is 0 Å². The van der Waals surface area contributed by atoms with Crippen molar-refractivity contribution in [3.63, 3.8) is 0 Å². The minimum absolute atomic E-state index is 0.0324. The molecule has 0 saturated heterocycles. The lowest BCUT2D eigenvalue weighted by atomic mass is 9.85. The Morgan fingerprint density at radius 2 is 1.37 bits per heavy atom. The molecule has 0 heterocycles. The van der Waals surface area contributed by atoms with E-state index in [-0.39, 0.29) is 71.4 Å². The molecule has 10 nitrogen and oxygen atoms in total. The fourth-order valence-electron chi connectivity index (χ4n) is 5.17. The Labute approximate surface area is 216 Å². The van der Waals surface area contributed by atoms with Crippen molar-refractivity contribution >= 4 is 45.1 Å². The summed E-state index contributed by atoms with van der Waals surface area (Å²) in [5.41, 5.74) is -0.0736. The van der Waals surface area contributed by atoms with Crippen LogP contribution in [0.5, 0.6) is 34.5 Å². The molecule has 0 aromatic heterocycles. The van der Waals surface area contributed by atoms with Gasteiger partial charge < -0.3 is 30.6 Å². The molecule has 0 aliphatic carbocycles. The molecule has 0 fully saturated rings. The third kappa shape index (κ3) is 3.41. The third-order valence-corrected chi connectivity index (χ3v) is 6.89. The minimum atomic E-state index is -0.550. The second-order valence-electron chi connectivity index (χ2n) is 9.71. The van der Waals surface area contributed by atoms with Gasteiger partial charge in [0.15, 0.2) is 11.5 Å². The van der Waals surface area contributed by atoms with E-state index in [4.69, 9.17) is 0 Å². The zero-order chi connectivity index (χ0) is 28.4. The number of benzene rings is 4. The quantitative estimate of drug-likeness (QED) is 0.113. The first-order valence-corrected chi connectivity index (χ1v) is 11.6. The molecule has 0 unspecified atom stereocenters. The summed E-state index contributed by atoms with van der Waals surface area (Å²) in [6.45, 7) is 12.1. The third-order valence-electron chi connectivity index (χ3n) is 6.89. The van der Waals surface area contributed by atoms with Crippen LogP contribution >= 0.6 is 0 Å². The summed E-state index contributed by atoms with van der Waals surface area (Å²) in [6, 6.07) is 2.18. The van der Waals surface area contributed by atoms with Gasteiger partial charge in [0.25, 0.3) is 0 Å². The van der Waals surface area contributed by atoms with Gasteiger partial charge in [-0.15, -0.1) is 9.81 Å². The summed E-state index contributed by atoms with van der Waals surface area (Å²) < 4.78 is 0. The molecule has 0 saturated carbocycles. The van der Waals surface area contributed by atoms with Gasteiger partial charge >= 0.3 is 0 Å². The number of nitrogens with zero attached hydrogens (tertiary/aromatic N) is 2. The highest BCUT2D eigenvalue weighted by Gasteiger charge is 2.29. The number of nitroso groups, excluding NO2 is 2. The summed E-state index contributed by atoms with van der Waals surface area (Å²) in [6.07, 6.45) is 0. The van der Waals surface area contributed by atoms with Crippen molar-refractivity contribution in [3.05, 3.63) is 43.5 Å². The van der Waals surface area contributed by atoms with Crippen molar-refractivity contribution in [2.45, 2.75) is 40.5 Å². The van der Waals surface area contributed by atoms with E-state index in [1.54, 1.807) is 27.7 Å². The second kappa shape index (κ2) is 8.91. The van der Waals surface area contributed by atoms with Gasteiger partial charge in [0.1, 0.15) is 34.4 Å². The van der Waals surface area contributed by atoms with Crippen molar-refractivity contribution in [2.75, 3.05) is 0 Å². The summed E-state index contributed by atoms with van der Waals surface area (Å²) in [5.74, 6) is -3.23. The molecule has 6 N–H and O–H groups in total. The molecule has 10 heteroatoms. The van der Waals surface area contributed by atoms with E-state index < -0.39 is 34.7 Å². The van der Waals surface area contributed by atoms with Gasteiger partial charge in [0.2, 0.25) is 0 Å². The van der Waals surface area contributed by atoms with Crippen LogP contribution < -0.4 is 10.4 Å². The van der Waals surface area contributed by atoms with Crippen molar-refractivity contribution in [1.82, 2.24) is 0 Å². The van der Waals surface area contributed by atoms with Gasteiger partial charge in [-0.3, -0.25) is 0 Å². The number of phenols is 6. The summed E-state index contributed by atoms with van der Waals surface area (Å²) in [7, 11) is 0. The molecule has 38 heavy (non-hydrogen) atoms. The van der Waals surface area contributed by atoms with Gasteiger partial charge in [-0.05, 0) is 54.7 Å². The number of aromatic hydroxyl groups is 6. The zero-order valence-corrected chi connectivity index (χ0v) is 21.3. The summed E-state index contributed by atoms with van der Waals surface area (Å²) >= 11 is 0. The highest BCUT2D eigenvalue weighted by Crippen LogP contribution is 2.53. The lowest BCUT2D eigenvalue weighted by Crippen LogP contribution is -2.13. The van der Waals surface area contributed by atoms with Crippen molar-refractivity contribution in [1.29, 1.82) is 0 Å². The SMILES string of the molecule is C=c1c(-c2c(C)c(O)c3c(C(C)C)c(N=O)c(N=O)cc3c2O)c(O)c2cc(O)c(O)c(=C(C)C)c2c1O. The Bertz CT molecular complexity index is 1840. The first-order valence-electron chi connectivity index (χ1n) is 11.6. The van der Waals surface area contributed by atoms with Crippen LogP contribution in [0, 0.1) is 16.7 Å². The molecule has 4 rings (SSSR count). The van der Waals surface area contributed by atoms with Gasteiger partial charge in [-0.2, -0.15) is 0 Å². The topological polar surface area (TPSA) is 180 Å². The van der Waals surface area contributed by atoms with E-state index in [1.807, 2.05) is 0 Å².